The molecule has 0 saturated carbocycles. The Hall–Kier alpha value is -4.85. The van der Waals surface area contributed by atoms with Gasteiger partial charge in [-0.2, -0.15) is 5.10 Å². The first kappa shape index (κ1) is 23.5. The van der Waals surface area contributed by atoms with Gasteiger partial charge in [-0.3, -0.25) is 20.1 Å². The first-order chi connectivity index (χ1) is 18.3. The van der Waals surface area contributed by atoms with E-state index >= 15 is 0 Å². The molecule has 0 aliphatic rings. The van der Waals surface area contributed by atoms with Crippen molar-refractivity contribution in [2.24, 2.45) is 5.41 Å². The lowest BCUT2D eigenvalue weighted by Crippen LogP contribution is -2.10. The molecule has 6 heterocycles. The SMILES string of the molecule is C=C(CC(C)(C)C)Nc1cncc(-c2cnc3n[nH]c(-c4cc5c(-c6ccccn6)nccc5[nH]4)c3c2)c1. The number of nitrogens with zero attached hydrogens (tertiary/aromatic N) is 5. The van der Waals surface area contributed by atoms with Gasteiger partial charge < -0.3 is 10.3 Å². The van der Waals surface area contributed by atoms with Crippen LogP contribution in [0.5, 0.6) is 0 Å². The Morgan fingerprint density at radius 2 is 1.79 bits per heavy atom. The summed E-state index contributed by atoms with van der Waals surface area (Å²) in [5.74, 6) is 0. The van der Waals surface area contributed by atoms with Gasteiger partial charge in [0.15, 0.2) is 5.65 Å². The lowest BCUT2D eigenvalue weighted by atomic mass is 9.91. The average molecular weight is 501 g/mol. The summed E-state index contributed by atoms with van der Waals surface area (Å²) in [4.78, 5) is 21.7. The Balaban J connectivity index is 1.36. The monoisotopic (exact) mass is 500 g/mol. The summed E-state index contributed by atoms with van der Waals surface area (Å²) in [6.07, 6.45) is 9.91. The summed E-state index contributed by atoms with van der Waals surface area (Å²) >= 11 is 0. The molecule has 0 saturated heterocycles. The lowest BCUT2D eigenvalue weighted by molar-refractivity contribution is 0.411. The number of allylic oxidation sites excluding steroid dienone is 1. The van der Waals surface area contributed by atoms with Crippen molar-refractivity contribution in [1.82, 2.24) is 35.1 Å². The van der Waals surface area contributed by atoms with Crippen LogP contribution in [0.3, 0.4) is 0 Å². The minimum atomic E-state index is 0.152. The Bertz CT molecular complexity index is 1770. The largest absolute Gasteiger partial charge is 0.358 e. The molecular formula is C30H28N8. The zero-order valence-electron chi connectivity index (χ0n) is 21.6. The number of aromatic amines is 2. The second kappa shape index (κ2) is 9.23. The molecule has 6 rings (SSSR count). The fourth-order valence-electron chi connectivity index (χ4n) is 4.71. The van der Waals surface area contributed by atoms with Crippen molar-refractivity contribution in [3.63, 3.8) is 0 Å². The van der Waals surface area contributed by atoms with Gasteiger partial charge in [0, 0.05) is 57.9 Å². The van der Waals surface area contributed by atoms with Crippen LogP contribution in [-0.4, -0.2) is 35.1 Å². The van der Waals surface area contributed by atoms with Crippen LogP contribution in [0.1, 0.15) is 27.2 Å². The van der Waals surface area contributed by atoms with Crippen molar-refractivity contribution < 1.29 is 0 Å². The van der Waals surface area contributed by atoms with Crippen molar-refractivity contribution >= 4 is 27.6 Å². The second-order valence-electron chi connectivity index (χ2n) is 10.6. The number of anilines is 1. The van der Waals surface area contributed by atoms with Crippen molar-refractivity contribution in [2.75, 3.05) is 5.32 Å². The molecule has 0 aromatic carbocycles. The highest BCUT2D eigenvalue weighted by molar-refractivity contribution is 5.99. The summed E-state index contributed by atoms with van der Waals surface area (Å²) in [5.41, 5.74) is 8.95. The number of H-pyrrole nitrogens is 2. The van der Waals surface area contributed by atoms with Crippen LogP contribution in [0.2, 0.25) is 0 Å². The molecule has 8 nitrogen and oxygen atoms in total. The van der Waals surface area contributed by atoms with Crippen molar-refractivity contribution in [3.8, 4) is 33.9 Å². The van der Waals surface area contributed by atoms with E-state index in [9.17, 15) is 0 Å². The molecule has 0 atom stereocenters. The summed E-state index contributed by atoms with van der Waals surface area (Å²) in [5, 5.41) is 12.9. The van der Waals surface area contributed by atoms with Gasteiger partial charge in [0.05, 0.1) is 34.7 Å². The Labute approximate surface area is 220 Å². The van der Waals surface area contributed by atoms with Crippen molar-refractivity contribution in [1.29, 1.82) is 0 Å². The fourth-order valence-corrected chi connectivity index (χ4v) is 4.71. The first-order valence-corrected chi connectivity index (χ1v) is 12.5. The van der Waals surface area contributed by atoms with Crippen molar-refractivity contribution in [3.05, 3.63) is 85.7 Å². The third-order valence-electron chi connectivity index (χ3n) is 6.27. The molecule has 8 heteroatoms. The normalized spacial score (nSPS) is 11.8. The highest BCUT2D eigenvalue weighted by atomic mass is 15.2. The van der Waals surface area contributed by atoms with Gasteiger partial charge in [0.25, 0.3) is 0 Å². The van der Waals surface area contributed by atoms with E-state index in [1.807, 2.05) is 42.9 Å². The number of rotatable bonds is 6. The maximum atomic E-state index is 4.62. The molecule has 38 heavy (non-hydrogen) atoms. The number of aromatic nitrogens is 7. The highest BCUT2D eigenvalue weighted by Crippen LogP contribution is 2.34. The zero-order chi connectivity index (χ0) is 26.3. The summed E-state index contributed by atoms with van der Waals surface area (Å²) < 4.78 is 0. The number of nitrogens with one attached hydrogen (secondary N) is 3. The molecule has 0 bridgehead atoms. The summed E-state index contributed by atoms with van der Waals surface area (Å²) in [6, 6.07) is 14.0. The van der Waals surface area contributed by atoms with Gasteiger partial charge in [-0.15, -0.1) is 0 Å². The van der Waals surface area contributed by atoms with E-state index in [2.05, 4.69) is 86.0 Å². The summed E-state index contributed by atoms with van der Waals surface area (Å²) in [6.45, 7) is 10.8. The molecule has 0 radical (unpaired) electrons. The van der Waals surface area contributed by atoms with Gasteiger partial charge >= 0.3 is 0 Å². The number of fused-ring (bicyclic) bond motifs is 2. The van der Waals surface area contributed by atoms with Gasteiger partial charge in [-0.1, -0.05) is 33.4 Å². The molecule has 0 unspecified atom stereocenters. The van der Waals surface area contributed by atoms with Crippen LogP contribution >= 0.6 is 0 Å². The van der Waals surface area contributed by atoms with Crippen LogP contribution < -0.4 is 5.32 Å². The average Bonchev–Trinajstić information content (AvgIpc) is 3.51. The van der Waals surface area contributed by atoms with E-state index in [0.717, 1.165) is 68.0 Å². The van der Waals surface area contributed by atoms with E-state index in [1.165, 1.54) is 0 Å². The smallest absolute Gasteiger partial charge is 0.181 e. The number of hydrogen-bond acceptors (Lipinski definition) is 6. The van der Waals surface area contributed by atoms with Gasteiger partial charge in [-0.05, 0) is 48.2 Å². The Morgan fingerprint density at radius 3 is 2.61 bits per heavy atom. The molecule has 0 aliphatic carbocycles. The van der Waals surface area contributed by atoms with Gasteiger partial charge in [0.1, 0.15) is 0 Å². The van der Waals surface area contributed by atoms with E-state index < -0.39 is 0 Å². The topological polar surface area (TPSA) is 108 Å². The molecule has 3 N–H and O–H groups in total. The third kappa shape index (κ3) is 4.64. The van der Waals surface area contributed by atoms with Gasteiger partial charge in [-0.25, -0.2) is 4.98 Å². The molecule has 0 spiro atoms. The van der Waals surface area contributed by atoms with Crippen LogP contribution in [-0.2, 0) is 0 Å². The molecular weight excluding hydrogens is 472 g/mol. The minimum Gasteiger partial charge on any atom is -0.358 e. The zero-order valence-corrected chi connectivity index (χ0v) is 21.6. The minimum absolute atomic E-state index is 0.152. The second-order valence-corrected chi connectivity index (χ2v) is 10.6. The maximum absolute atomic E-state index is 4.62. The third-order valence-corrected chi connectivity index (χ3v) is 6.27. The molecule has 0 fully saturated rings. The van der Waals surface area contributed by atoms with E-state index in [1.54, 1.807) is 12.4 Å². The predicted octanol–water partition coefficient (Wildman–Crippen LogP) is 6.99. The highest BCUT2D eigenvalue weighted by Gasteiger charge is 2.16. The standard InChI is InChI=1S/C30H28N8/c1-18(14-30(2,3)4)35-21-11-19(15-31-17-21)20-12-23-28(37-38-29(23)34-16-20)26-13-22-24(36-26)8-10-33-27(22)25-7-5-6-9-32-25/h5-13,15-17,35-36H,1,14H2,2-4H3,(H,34,37,38). The molecule has 6 aromatic heterocycles. The van der Waals surface area contributed by atoms with Crippen LogP contribution in [0.4, 0.5) is 5.69 Å². The van der Waals surface area contributed by atoms with Crippen LogP contribution in [0.25, 0.3) is 55.8 Å². The predicted molar refractivity (Wildman–Crippen MR) is 152 cm³/mol. The Morgan fingerprint density at radius 1 is 0.921 bits per heavy atom. The number of pyridine rings is 4. The molecule has 0 amide bonds. The lowest BCUT2D eigenvalue weighted by Gasteiger charge is -2.20. The quantitative estimate of drug-likeness (QED) is 0.227. The first-order valence-electron chi connectivity index (χ1n) is 12.5. The van der Waals surface area contributed by atoms with Gasteiger partial charge in [0.2, 0.25) is 0 Å². The van der Waals surface area contributed by atoms with E-state index in [4.69, 9.17) is 0 Å². The molecule has 0 aliphatic heterocycles. The van der Waals surface area contributed by atoms with E-state index in [-0.39, 0.29) is 5.41 Å². The number of hydrogen-bond donors (Lipinski definition) is 3. The maximum Gasteiger partial charge on any atom is 0.181 e. The van der Waals surface area contributed by atoms with Crippen LogP contribution in [0.15, 0.2) is 85.7 Å². The van der Waals surface area contributed by atoms with Crippen LogP contribution in [0, 0.1) is 5.41 Å². The molecule has 6 aromatic rings. The molecule has 188 valence electrons. The fraction of sp³-hybridized carbons (Fsp3) is 0.167. The van der Waals surface area contributed by atoms with E-state index in [0.29, 0.717) is 5.65 Å². The van der Waals surface area contributed by atoms with Crippen molar-refractivity contribution in [2.45, 2.75) is 27.2 Å². The summed E-state index contributed by atoms with van der Waals surface area (Å²) in [7, 11) is 0. The Kier molecular flexibility index (Phi) is 5.72.